The molecule has 2 aliphatic rings. The molecule has 1 aromatic rings. The van der Waals surface area contributed by atoms with Crippen molar-refractivity contribution in [1.82, 2.24) is 14.9 Å². The smallest absolute Gasteiger partial charge is 0.290 e. The zero-order chi connectivity index (χ0) is 18.6. The fourth-order valence-corrected chi connectivity index (χ4v) is 3.21. The van der Waals surface area contributed by atoms with Crippen LogP contribution in [0.2, 0.25) is 0 Å². The van der Waals surface area contributed by atoms with Crippen molar-refractivity contribution in [3.8, 4) is 0 Å². The van der Waals surface area contributed by atoms with Crippen molar-refractivity contribution in [3.63, 3.8) is 0 Å². The summed E-state index contributed by atoms with van der Waals surface area (Å²) in [6.07, 6.45) is 0.977. The molecule has 0 aliphatic carbocycles. The molecule has 8 heteroatoms. The lowest BCUT2D eigenvalue weighted by Crippen LogP contribution is -2.48. The molecule has 0 saturated carbocycles. The predicted octanol–water partition coefficient (Wildman–Crippen LogP) is 1.25. The number of amides is 1. The number of ether oxygens (including phenoxy) is 1. The number of hydrogen-bond donors (Lipinski definition) is 1. The lowest BCUT2D eigenvalue weighted by molar-refractivity contribution is -0.136. The molecule has 2 fully saturated rings. The number of carbonyl (C=O) groups excluding carboxylic acids is 1. The predicted molar refractivity (Wildman–Crippen MR) is 92.4 cm³/mol. The van der Waals surface area contributed by atoms with E-state index < -0.39 is 0 Å². The molecular formula is C17H26N4O4. The molecule has 25 heavy (non-hydrogen) atoms. The third kappa shape index (κ3) is 4.45. The number of aromatic nitrogens is 2. The molecule has 8 nitrogen and oxygen atoms in total. The largest absolute Gasteiger partial charge is 0.483 e. The van der Waals surface area contributed by atoms with E-state index in [2.05, 4.69) is 28.8 Å². The van der Waals surface area contributed by atoms with Crippen LogP contribution in [0.5, 0.6) is 0 Å². The van der Waals surface area contributed by atoms with Gasteiger partial charge in [-0.3, -0.25) is 9.59 Å². The number of carboxylic acid groups (broad SMARTS) is 1. The van der Waals surface area contributed by atoms with Crippen molar-refractivity contribution in [3.05, 3.63) is 17.6 Å². The van der Waals surface area contributed by atoms with Crippen LogP contribution in [0.3, 0.4) is 0 Å². The molecule has 1 amide bonds. The van der Waals surface area contributed by atoms with Crippen LogP contribution >= 0.6 is 0 Å². The van der Waals surface area contributed by atoms with Crippen molar-refractivity contribution < 1.29 is 19.4 Å². The Morgan fingerprint density at radius 3 is 2.60 bits per heavy atom. The van der Waals surface area contributed by atoms with Gasteiger partial charge in [0.25, 0.3) is 6.47 Å². The molecule has 0 spiro atoms. The average molecular weight is 350 g/mol. The standard InChI is InChI=1S/C16H24N4O2.CH2O2/c1-11-17-13(14-5-6-20(14)12(2)21)7-15(18-11)19(4)8-16(3)9-22-10-16;2-1-3/h7,14H,5-6,8-10H2,1-4H3;1H,(H,2,3). The van der Waals surface area contributed by atoms with Crippen LogP contribution in [-0.2, 0) is 14.3 Å². The molecule has 3 rings (SSSR count). The topological polar surface area (TPSA) is 95.9 Å². The molecule has 2 saturated heterocycles. The van der Waals surface area contributed by atoms with E-state index in [1.54, 1.807) is 6.92 Å². The second kappa shape index (κ2) is 7.77. The van der Waals surface area contributed by atoms with Gasteiger partial charge in [0.2, 0.25) is 5.91 Å². The Bertz CT molecular complexity index is 633. The minimum absolute atomic E-state index is 0.106. The highest BCUT2D eigenvalue weighted by Gasteiger charge is 2.36. The molecule has 1 N–H and O–H groups in total. The zero-order valence-corrected chi connectivity index (χ0v) is 15.2. The van der Waals surface area contributed by atoms with E-state index in [0.717, 1.165) is 50.1 Å². The third-order valence-corrected chi connectivity index (χ3v) is 4.52. The number of anilines is 1. The summed E-state index contributed by atoms with van der Waals surface area (Å²) >= 11 is 0. The van der Waals surface area contributed by atoms with Crippen LogP contribution < -0.4 is 4.90 Å². The summed E-state index contributed by atoms with van der Waals surface area (Å²) < 4.78 is 5.32. The first-order chi connectivity index (χ1) is 11.8. The lowest BCUT2D eigenvalue weighted by Gasteiger charge is -2.42. The summed E-state index contributed by atoms with van der Waals surface area (Å²) in [4.78, 5) is 33.1. The SMILES string of the molecule is CC(=O)N1CCC1c1cc(N(C)CC2(C)COC2)nc(C)n1.O=CO. The summed E-state index contributed by atoms with van der Waals surface area (Å²) in [7, 11) is 2.05. The molecule has 2 aliphatic heterocycles. The van der Waals surface area contributed by atoms with Gasteiger partial charge < -0.3 is 19.6 Å². The first-order valence-corrected chi connectivity index (χ1v) is 8.29. The number of hydrogen-bond acceptors (Lipinski definition) is 6. The summed E-state index contributed by atoms with van der Waals surface area (Å²) in [5.74, 6) is 1.79. The summed E-state index contributed by atoms with van der Waals surface area (Å²) in [5.41, 5.74) is 1.15. The van der Waals surface area contributed by atoms with Gasteiger partial charge in [0.15, 0.2) is 0 Å². The number of rotatable bonds is 4. The van der Waals surface area contributed by atoms with Crippen LogP contribution in [0.4, 0.5) is 5.82 Å². The molecule has 3 heterocycles. The van der Waals surface area contributed by atoms with E-state index in [1.165, 1.54) is 0 Å². The van der Waals surface area contributed by atoms with Crippen LogP contribution in [-0.4, -0.2) is 65.7 Å². The number of likely N-dealkylation sites (tertiary alicyclic amines) is 1. The normalized spacial score (nSPS) is 20.5. The quantitative estimate of drug-likeness (QED) is 0.817. The fraction of sp³-hybridized carbons (Fsp3) is 0.647. The van der Waals surface area contributed by atoms with Gasteiger partial charge in [-0.15, -0.1) is 0 Å². The zero-order valence-electron chi connectivity index (χ0n) is 15.2. The molecule has 1 unspecified atom stereocenters. The third-order valence-electron chi connectivity index (χ3n) is 4.52. The second-order valence-corrected chi connectivity index (χ2v) is 6.98. The Morgan fingerprint density at radius 2 is 2.16 bits per heavy atom. The number of carbonyl (C=O) groups is 2. The first kappa shape index (κ1) is 19.1. The van der Waals surface area contributed by atoms with E-state index in [0.29, 0.717) is 0 Å². The van der Waals surface area contributed by atoms with Crippen molar-refractivity contribution in [2.24, 2.45) is 5.41 Å². The number of aryl methyl sites for hydroxylation is 1. The van der Waals surface area contributed by atoms with Gasteiger partial charge in [-0.05, 0) is 13.3 Å². The van der Waals surface area contributed by atoms with Gasteiger partial charge in [-0.1, -0.05) is 6.92 Å². The van der Waals surface area contributed by atoms with Gasteiger partial charge >= 0.3 is 0 Å². The molecule has 0 bridgehead atoms. The van der Waals surface area contributed by atoms with Gasteiger partial charge in [0.05, 0.1) is 24.9 Å². The Labute approximate surface area is 147 Å². The van der Waals surface area contributed by atoms with E-state index in [4.69, 9.17) is 14.6 Å². The highest BCUT2D eigenvalue weighted by Crippen LogP contribution is 2.34. The number of nitrogens with zero attached hydrogens (tertiary/aromatic N) is 4. The molecule has 1 atom stereocenters. The highest BCUT2D eigenvalue weighted by molar-refractivity contribution is 5.74. The monoisotopic (exact) mass is 350 g/mol. The molecule has 0 radical (unpaired) electrons. The Balaban J connectivity index is 0.000000701. The maximum Gasteiger partial charge on any atom is 0.290 e. The minimum atomic E-state index is -0.250. The van der Waals surface area contributed by atoms with E-state index in [9.17, 15) is 4.79 Å². The summed E-state index contributed by atoms with van der Waals surface area (Å²) in [5, 5.41) is 6.89. The molecular weight excluding hydrogens is 324 g/mol. The van der Waals surface area contributed by atoms with Crippen LogP contribution in [0, 0.1) is 12.3 Å². The summed E-state index contributed by atoms with van der Waals surface area (Å²) in [6.45, 7) is 8.83. The maximum atomic E-state index is 11.6. The van der Waals surface area contributed by atoms with Gasteiger partial charge in [-0.2, -0.15) is 0 Å². The Morgan fingerprint density at radius 1 is 1.52 bits per heavy atom. The Kier molecular flexibility index (Phi) is 5.94. The van der Waals surface area contributed by atoms with Crippen molar-refractivity contribution in [2.45, 2.75) is 33.2 Å². The van der Waals surface area contributed by atoms with Crippen LogP contribution in [0.25, 0.3) is 0 Å². The second-order valence-electron chi connectivity index (χ2n) is 6.98. The van der Waals surface area contributed by atoms with Gasteiger partial charge in [0, 0.05) is 38.5 Å². The highest BCUT2D eigenvalue weighted by atomic mass is 16.5. The molecule has 138 valence electrons. The van der Waals surface area contributed by atoms with Crippen LogP contribution in [0.1, 0.15) is 37.8 Å². The minimum Gasteiger partial charge on any atom is -0.483 e. The average Bonchev–Trinajstić information content (AvgIpc) is 2.44. The maximum absolute atomic E-state index is 11.6. The van der Waals surface area contributed by atoms with E-state index in [1.807, 2.05) is 17.9 Å². The summed E-state index contributed by atoms with van der Waals surface area (Å²) in [6, 6.07) is 2.13. The van der Waals surface area contributed by atoms with E-state index >= 15 is 0 Å². The first-order valence-electron chi connectivity index (χ1n) is 8.29. The van der Waals surface area contributed by atoms with Crippen molar-refractivity contribution in [2.75, 3.05) is 38.3 Å². The lowest BCUT2D eigenvalue weighted by atomic mass is 9.88. The van der Waals surface area contributed by atoms with E-state index in [-0.39, 0.29) is 23.8 Å². The van der Waals surface area contributed by atoms with Crippen molar-refractivity contribution in [1.29, 1.82) is 0 Å². The van der Waals surface area contributed by atoms with Crippen LogP contribution in [0.15, 0.2) is 6.07 Å². The fourth-order valence-electron chi connectivity index (χ4n) is 3.21. The van der Waals surface area contributed by atoms with Gasteiger partial charge in [-0.25, -0.2) is 9.97 Å². The van der Waals surface area contributed by atoms with Crippen molar-refractivity contribution >= 4 is 18.2 Å². The van der Waals surface area contributed by atoms with Gasteiger partial charge in [0.1, 0.15) is 11.6 Å². The molecule has 0 aromatic carbocycles. The molecule has 1 aromatic heterocycles. The Hall–Kier alpha value is -2.22.